The first-order valence-electron chi connectivity index (χ1n) is 0. The summed E-state index contributed by atoms with van der Waals surface area (Å²) < 4.78 is 0. The van der Waals surface area contributed by atoms with Gasteiger partial charge in [-0.15, -0.1) is 0 Å². The fourth-order valence-corrected chi connectivity index (χ4v) is 0. The molecule has 0 aromatic rings. The minimum Gasteiger partial charge on any atom is 0 e. The normalized spacial score (nSPS) is 0. The summed E-state index contributed by atoms with van der Waals surface area (Å²) in [6.45, 7) is 0. The van der Waals surface area contributed by atoms with E-state index in [4.69, 9.17) is 0 Å². The summed E-state index contributed by atoms with van der Waals surface area (Å²) in [7, 11) is 0. The third-order valence-electron chi connectivity index (χ3n) is 0. The zero-order chi connectivity index (χ0) is 0. The van der Waals surface area contributed by atoms with Gasteiger partial charge < -0.3 is 0 Å². The summed E-state index contributed by atoms with van der Waals surface area (Å²) in [5, 5.41) is 0. The zero-order valence-electron chi connectivity index (χ0n) is 1.33. The van der Waals surface area contributed by atoms with Crippen molar-refractivity contribution in [1.82, 2.24) is 0 Å². The molecular formula is AuCrCuNi. The van der Waals surface area contributed by atoms with E-state index in [9.17, 15) is 0 Å². The van der Waals surface area contributed by atoms with Gasteiger partial charge in [0, 0.05) is 73.3 Å². The van der Waals surface area contributed by atoms with Gasteiger partial charge in [0.05, 0.1) is 0 Å². The fourth-order valence-electron chi connectivity index (χ4n) is 0. The molecule has 0 unspecified atom stereocenters. The molecule has 0 nitrogen and oxygen atoms in total. The molecule has 38 valence electrons. The summed E-state index contributed by atoms with van der Waals surface area (Å²) in [5.41, 5.74) is 0. The molecule has 0 aliphatic rings. The van der Waals surface area contributed by atoms with Crippen molar-refractivity contribution in [3.8, 4) is 0 Å². The molecule has 0 aliphatic heterocycles. The Hall–Kier alpha value is 2.29. The van der Waals surface area contributed by atoms with Crippen molar-refractivity contribution in [3.63, 3.8) is 0 Å². The molecule has 0 bridgehead atoms. The first-order valence-corrected chi connectivity index (χ1v) is 0. The van der Waals surface area contributed by atoms with Gasteiger partial charge in [-0.3, -0.25) is 0 Å². The van der Waals surface area contributed by atoms with Gasteiger partial charge in [-0.05, 0) is 0 Å². The van der Waals surface area contributed by atoms with E-state index in [1.807, 2.05) is 0 Å². The van der Waals surface area contributed by atoms with Crippen LogP contribution in [-0.2, 0) is 73.3 Å². The first-order chi connectivity index (χ1) is 0. The zero-order valence-corrected chi connectivity index (χ0v) is 6.70. The number of hydrogen-bond acceptors (Lipinski definition) is 0. The van der Waals surface area contributed by atoms with Crippen LogP contribution in [0, 0.1) is 0 Å². The topological polar surface area (TPSA) is 0 Å². The molecule has 0 spiro atoms. The smallest absolute Gasteiger partial charge is 0 e. The van der Waals surface area contributed by atoms with E-state index < -0.39 is 0 Å². The van der Waals surface area contributed by atoms with Gasteiger partial charge in [-0.25, -0.2) is 0 Å². The van der Waals surface area contributed by atoms with Crippen molar-refractivity contribution in [2.75, 3.05) is 0 Å². The Morgan fingerprint density at radius 3 is 1.00 bits per heavy atom. The molecule has 0 amide bonds. The van der Waals surface area contributed by atoms with Crippen LogP contribution in [0.4, 0.5) is 0 Å². The van der Waals surface area contributed by atoms with E-state index in [0.717, 1.165) is 0 Å². The molecule has 2 radical (unpaired) electrons. The van der Waals surface area contributed by atoms with E-state index in [1.54, 1.807) is 0 Å². The second kappa shape index (κ2) is 18.6. The van der Waals surface area contributed by atoms with Crippen molar-refractivity contribution >= 4 is 0 Å². The van der Waals surface area contributed by atoms with Crippen LogP contribution in [0.5, 0.6) is 0 Å². The summed E-state index contributed by atoms with van der Waals surface area (Å²) in [5.74, 6) is 0. The molecule has 0 N–H and O–H groups in total. The second-order valence-corrected chi connectivity index (χ2v) is 0. The minimum atomic E-state index is 0. The summed E-state index contributed by atoms with van der Waals surface area (Å²) in [6.07, 6.45) is 0. The average molecular weight is 371 g/mol. The van der Waals surface area contributed by atoms with Gasteiger partial charge >= 0.3 is 0 Å². The molecule has 0 atom stereocenters. The van der Waals surface area contributed by atoms with Crippen LogP contribution in [0.1, 0.15) is 0 Å². The first kappa shape index (κ1) is 33.6. The summed E-state index contributed by atoms with van der Waals surface area (Å²) >= 11 is 0. The van der Waals surface area contributed by atoms with Crippen molar-refractivity contribution in [2.45, 2.75) is 0 Å². The van der Waals surface area contributed by atoms with Crippen LogP contribution < -0.4 is 0 Å². The van der Waals surface area contributed by atoms with E-state index in [1.165, 1.54) is 0 Å². The minimum absolute atomic E-state index is 0. The van der Waals surface area contributed by atoms with Gasteiger partial charge in [0.1, 0.15) is 0 Å². The Labute approximate surface area is 72.5 Å². The molecule has 0 rings (SSSR count). The Balaban J connectivity index is 0. The largest absolute Gasteiger partial charge is 0 e. The van der Waals surface area contributed by atoms with Crippen LogP contribution in [0.2, 0.25) is 0 Å². The quantitative estimate of drug-likeness (QED) is 0.526. The molecule has 0 aromatic heterocycles. The maximum Gasteiger partial charge on any atom is 0 e. The molecule has 0 saturated heterocycles. The third-order valence-corrected chi connectivity index (χ3v) is 0. The van der Waals surface area contributed by atoms with Gasteiger partial charge in [0.25, 0.3) is 0 Å². The maximum atomic E-state index is 0. The fraction of sp³-hybridized carbons (Fsp3) is 0. The van der Waals surface area contributed by atoms with Crippen molar-refractivity contribution in [1.29, 1.82) is 0 Å². The number of rotatable bonds is 0. The summed E-state index contributed by atoms with van der Waals surface area (Å²) in [6, 6.07) is 0. The van der Waals surface area contributed by atoms with Crippen LogP contribution in [0.25, 0.3) is 0 Å². The SMILES string of the molecule is [Au].[Cr].[Cu].[Ni]. The van der Waals surface area contributed by atoms with Crippen LogP contribution in [-0.4, -0.2) is 0 Å². The Bertz CT molecular complexity index is 8.00. The van der Waals surface area contributed by atoms with E-state index in [-0.39, 0.29) is 73.3 Å². The Morgan fingerprint density at radius 1 is 1.00 bits per heavy atom. The maximum absolute atomic E-state index is 0. The molecule has 0 fully saturated rings. The standard InChI is InChI=1S/Au.Cr.Cu.Ni. The van der Waals surface area contributed by atoms with Gasteiger partial charge in [-0.2, -0.15) is 0 Å². The molecular weight excluding hydrogens is 371 g/mol. The second-order valence-electron chi connectivity index (χ2n) is 0. The summed E-state index contributed by atoms with van der Waals surface area (Å²) in [4.78, 5) is 0. The van der Waals surface area contributed by atoms with E-state index in [0.29, 0.717) is 0 Å². The van der Waals surface area contributed by atoms with Gasteiger partial charge in [0.15, 0.2) is 0 Å². The van der Waals surface area contributed by atoms with Crippen LogP contribution >= 0.6 is 0 Å². The molecule has 0 aliphatic carbocycles. The molecule has 0 heterocycles. The van der Waals surface area contributed by atoms with E-state index in [2.05, 4.69) is 0 Å². The van der Waals surface area contributed by atoms with Gasteiger partial charge in [-0.1, -0.05) is 0 Å². The van der Waals surface area contributed by atoms with Crippen LogP contribution in [0.15, 0.2) is 0 Å². The predicted octanol–water partition coefficient (Wildman–Crippen LogP) is -0.0100. The molecule has 0 aromatic carbocycles. The molecule has 4 heavy (non-hydrogen) atoms. The van der Waals surface area contributed by atoms with Crippen molar-refractivity contribution < 1.29 is 73.3 Å². The van der Waals surface area contributed by atoms with Crippen molar-refractivity contribution in [2.24, 2.45) is 0 Å². The average Bonchev–Trinajstić information content (AvgIpc) is 0. The Kier molecular flexibility index (Phi) is 156. The molecule has 0 saturated carbocycles. The van der Waals surface area contributed by atoms with E-state index >= 15 is 0 Å². The van der Waals surface area contributed by atoms with Crippen LogP contribution in [0.3, 0.4) is 0 Å². The molecule has 4 heteroatoms. The third kappa shape index (κ3) is 8.86. The predicted molar refractivity (Wildman–Crippen MR) is 0 cm³/mol. The number of hydrogen-bond donors (Lipinski definition) is 0. The van der Waals surface area contributed by atoms with Crippen molar-refractivity contribution in [3.05, 3.63) is 0 Å². The van der Waals surface area contributed by atoms with Gasteiger partial charge in [0.2, 0.25) is 0 Å². The Morgan fingerprint density at radius 2 is 1.00 bits per heavy atom. The monoisotopic (exact) mass is 370 g/mol.